The van der Waals surface area contributed by atoms with Crippen molar-refractivity contribution < 1.29 is 13.2 Å². The molecule has 3 aromatic rings. The molecule has 4 rings (SSSR count). The van der Waals surface area contributed by atoms with Gasteiger partial charge in [0.2, 0.25) is 0 Å². The Morgan fingerprint density at radius 1 is 0.692 bits per heavy atom. The number of para-hydroxylation sites is 1. The molecule has 0 saturated heterocycles. The highest BCUT2D eigenvalue weighted by molar-refractivity contribution is 7.92. The Balaban J connectivity index is 1.61. The van der Waals surface area contributed by atoms with Crippen LogP contribution < -0.4 is 9.73 Å². The maximum atomic E-state index is 13.9. The third kappa shape index (κ3) is 8.27. The van der Waals surface area contributed by atoms with E-state index in [-0.39, 0.29) is 17.0 Å². The van der Waals surface area contributed by atoms with Crippen LogP contribution in [0, 0.1) is 0 Å². The van der Waals surface area contributed by atoms with Gasteiger partial charge in [0.05, 0.1) is 22.7 Å². The van der Waals surface area contributed by atoms with Gasteiger partial charge < -0.3 is 0 Å². The van der Waals surface area contributed by atoms with Gasteiger partial charge >= 0.3 is 0 Å². The lowest BCUT2D eigenvalue weighted by molar-refractivity contribution is 0.0955. The van der Waals surface area contributed by atoms with E-state index in [1.807, 2.05) is 30.3 Å². The minimum absolute atomic E-state index is 0.0941. The van der Waals surface area contributed by atoms with Gasteiger partial charge in [0, 0.05) is 5.71 Å². The summed E-state index contributed by atoms with van der Waals surface area (Å²) in [5.74, 6) is -0.412. The molecular formula is C32H39N3O3S. The van der Waals surface area contributed by atoms with E-state index in [9.17, 15) is 13.2 Å². The first-order valence-electron chi connectivity index (χ1n) is 14.1. The van der Waals surface area contributed by atoms with Crippen LogP contribution in [0.2, 0.25) is 0 Å². The standard InChI is InChI=1S/C32H39N3O3S/c36-32(34-33-28-20-12-6-4-2-1-3-5-7-13-21-28)30-24-16-17-25-31(30)35(26-27-18-10-8-11-19-27)39(37,38)29-22-14-9-15-23-29/h8-11,14-19,22-25H,1-7,12-13,20-21,26H2,(H,34,36). The topological polar surface area (TPSA) is 78.8 Å². The lowest BCUT2D eigenvalue weighted by Crippen LogP contribution is -2.33. The maximum absolute atomic E-state index is 13.9. The SMILES string of the molecule is O=C(NN=C1CCCCCCCCCCC1)c1ccccc1N(Cc1ccccc1)S(=O)(=O)c1ccccc1. The van der Waals surface area contributed by atoms with Crippen molar-refractivity contribution in [1.82, 2.24) is 5.43 Å². The molecule has 1 amide bonds. The summed E-state index contributed by atoms with van der Waals surface area (Å²) in [6, 6.07) is 24.6. The largest absolute Gasteiger partial charge is 0.273 e. The monoisotopic (exact) mass is 545 g/mol. The van der Waals surface area contributed by atoms with E-state index >= 15 is 0 Å². The number of sulfonamides is 1. The van der Waals surface area contributed by atoms with Crippen LogP contribution in [0.3, 0.4) is 0 Å². The van der Waals surface area contributed by atoms with Crippen LogP contribution >= 0.6 is 0 Å². The van der Waals surface area contributed by atoms with Gasteiger partial charge in [0.15, 0.2) is 0 Å². The van der Waals surface area contributed by atoms with Crippen molar-refractivity contribution in [1.29, 1.82) is 0 Å². The molecule has 1 saturated carbocycles. The zero-order valence-electron chi connectivity index (χ0n) is 22.6. The van der Waals surface area contributed by atoms with Crippen molar-refractivity contribution >= 4 is 27.3 Å². The molecule has 0 aliphatic heterocycles. The summed E-state index contributed by atoms with van der Waals surface area (Å²) < 4.78 is 29.1. The van der Waals surface area contributed by atoms with Gasteiger partial charge in [0.25, 0.3) is 15.9 Å². The number of hydrogen-bond acceptors (Lipinski definition) is 4. The first kappa shape index (κ1) is 28.6. The van der Waals surface area contributed by atoms with Crippen LogP contribution in [-0.4, -0.2) is 20.0 Å². The van der Waals surface area contributed by atoms with Gasteiger partial charge in [-0.05, 0) is 55.5 Å². The van der Waals surface area contributed by atoms with Crippen molar-refractivity contribution in [2.45, 2.75) is 82.1 Å². The van der Waals surface area contributed by atoms with Gasteiger partial charge in [-0.15, -0.1) is 0 Å². The number of anilines is 1. The summed E-state index contributed by atoms with van der Waals surface area (Å²) in [7, 11) is -3.95. The molecule has 0 aromatic heterocycles. The maximum Gasteiger partial charge on any atom is 0.273 e. The summed E-state index contributed by atoms with van der Waals surface area (Å²) in [4.78, 5) is 13.6. The summed E-state index contributed by atoms with van der Waals surface area (Å²) in [5.41, 5.74) is 5.18. The van der Waals surface area contributed by atoms with E-state index in [0.29, 0.717) is 5.69 Å². The Bertz CT molecular complexity index is 1310. The van der Waals surface area contributed by atoms with Crippen molar-refractivity contribution in [3.8, 4) is 0 Å². The number of benzene rings is 3. The molecule has 0 atom stereocenters. The van der Waals surface area contributed by atoms with E-state index < -0.39 is 15.9 Å². The number of nitrogens with one attached hydrogen (secondary N) is 1. The molecule has 1 N–H and O–H groups in total. The van der Waals surface area contributed by atoms with E-state index in [0.717, 1.165) is 37.0 Å². The third-order valence-electron chi connectivity index (χ3n) is 7.16. The van der Waals surface area contributed by atoms with Crippen LogP contribution in [0.5, 0.6) is 0 Å². The Morgan fingerprint density at radius 2 is 1.21 bits per heavy atom. The smallest absolute Gasteiger partial charge is 0.267 e. The van der Waals surface area contributed by atoms with Gasteiger partial charge in [-0.25, -0.2) is 13.8 Å². The molecule has 0 bridgehead atoms. The number of carbonyl (C=O) groups excluding carboxylic acids is 1. The lowest BCUT2D eigenvalue weighted by Gasteiger charge is -2.26. The van der Waals surface area contributed by atoms with Crippen LogP contribution in [-0.2, 0) is 16.6 Å². The predicted molar refractivity (Wildman–Crippen MR) is 158 cm³/mol. The average Bonchev–Trinajstić information content (AvgIpc) is 2.96. The quantitative estimate of drug-likeness (QED) is 0.313. The first-order chi connectivity index (χ1) is 19.1. The number of amides is 1. The molecule has 0 spiro atoms. The van der Waals surface area contributed by atoms with E-state index in [2.05, 4.69) is 10.5 Å². The van der Waals surface area contributed by atoms with Crippen LogP contribution in [0.1, 0.15) is 86.6 Å². The molecular weight excluding hydrogens is 506 g/mol. The van der Waals surface area contributed by atoms with Crippen LogP contribution in [0.25, 0.3) is 0 Å². The third-order valence-corrected chi connectivity index (χ3v) is 8.94. The van der Waals surface area contributed by atoms with Crippen molar-refractivity contribution in [3.63, 3.8) is 0 Å². The molecule has 39 heavy (non-hydrogen) atoms. The summed E-state index contributed by atoms with van der Waals surface area (Å²) in [6.45, 7) is 0.0941. The van der Waals surface area contributed by atoms with Gasteiger partial charge in [-0.1, -0.05) is 106 Å². The number of rotatable bonds is 7. The lowest BCUT2D eigenvalue weighted by atomic mass is 10.00. The first-order valence-corrected chi connectivity index (χ1v) is 15.6. The molecule has 206 valence electrons. The predicted octanol–water partition coefficient (Wildman–Crippen LogP) is 7.47. The number of hydrazone groups is 1. The molecule has 0 radical (unpaired) electrons. The second kappa shape index (κ2) is 14.6. The molecule has 1 aliphatic carbocycles. The fraction of sp³-hybridized carbons (Fsp3) is 0.375. The van der Waals surface area contributed by atoms with E-state index in [1.165, 1.54) is 49.3 Å². The van der Waals surface area contributed by atoms with Crippen molar-refractivity contribution in [3.05, 3.63) is 96.1 Å². The van der Waals surface area contributed by atoms with Crippen molar-refractivity contribution in [2.24, 2.45) is 5.10 Å². The number of carbonyl (C=O) groups is 1. The number of hydrogen-bond donors (Lipinski definition) is 1. The van der Waals surface area contributed by atoms with Gasteiger partial charge in [-0.3, -0.25) is 9.10 Å². The number of nitrogens with zero attached hydrogens (tertiary/aromatic N) is 2. The Hall–Kier alpha value is -3.45. The fourth-order valence-corrected chi connectivity index (χ4v) is 6.47. The molecule has 0 heterocycles. The Morgan fingerprint density at radius 3 is 1.82 bits per heavy atom. The molecule has 6 nitrogen and oxygen atoms in total. The average molecular weight is 546 g/mol. The molecule has 3 aromatic carbocycles. The molecule has 1 aliphatic rings. The van der Waals surface area contributed by atoms with Gasteiger partial charge in [0.1, 0.15) is 0 Å². The summed E-state index contributed by atoms with van der Waals surface area (Å²) in [5, 5.41) is 4.54. The van der Waals surface area contributed by atoms with E-state index in [1.54, 1.807) is 54.6 Å². The summed E-state index contributed by atoms with van der Waals surface area (Å²) in [6.07, 6.45) is 12.7. The van der Waals surface area contributed by atoms with Crippen LogP contribution in [0.15, 0.2) is 94.9 Å². The molecule has 0 unspecified atom stereocenters. The Kier molecular flexibility index (Phi) is 10.7. The molecule has 7 heteroatoms. The summed E-state index contributed by atoms with van der Waals surface area (Å²) >= 11 is 0. The normalized spacial score (nSPS) is 15.4. The highest BCUT2D eigenvalue weighted by Crippen LogP contribution is 2.29. The van der Waals surface area contributed by atoms with Crippen molar-refractivity contribution in [2.75, 3.05) is 4.31 Å². The second-order valence-electron chi connectivity index (χ2n) is 10.1. The fourth-order valence-electron chi connectivity index (χ4n) is 4.97. The minimum atomic E-state index is -3.95. The second-order valence-corrected chi connectivity index (χ2v) is 12.0. The minimum Gasteiger partial charge on any atom is -0.267 e. The zero-order valence-corrected chi connectivity index (χ0v) is 23.4. The van der Waals surface area contributed by atoms with Gasteiger partial charge in [-0.2, -0.15) is 5.10 Å². The zero-order chi connectivity index (χ0) is 27.3. The van der Waals surface area contributed by atoms with Crippen LogP contribution in [0.4, 0.5) is 5.69 Å². The van der Waals surface area contributed by atoms with E-state index in [4.69, 9.17) is 0 Å². The highest BCUT2D eigenvalue weighted by atomic mass is 32.2. The highest BCUT2D eigenvalue weighted by Gasteiger charge is 2.28. The molecule has 1 fully saturated rings. The Labute approximate surface area is 233 Å².